The molecule has 0 radical (unpaired) electrons. The second-order valence-corrected chi connectivity index (χ2v) is 9.97. The van der Waals surface area contributed by atoms with Crippen LogP contribution in [0, 0.1) is 12.8 Å². The number of allylic oxidation sites excluding steroid dienone is 1. The van der Waals surface area contributed by atoms with Crippen molar-refractivity contribution in [3.8, 4) is 0 Å². The Morgan fingerprint density at radius 1 is 0.677 bits per heavy atom. The molecular weight excluding hydrogens is 376 g/mol. The van der Waals surface area contributed by atoms with E-state index in [1.807, 2.05) is 0 Å². The lowest BCUT2D eigenvalue weighted by molar-refractivity contribution is 0.126. The third-order valence-electron chi connectivity index (χ3n) is 7.97. The van der Waals surface area contributed by atoms with Gasteiger partial charge in [0, 0.05) is 17.4 Å². The Balaban J connectivity index is 1.66. The van der Waals surface area contributed by atoms with Gasteiger partial charge in [-0.25, -0.2) is 0 Å². The van der Waals surface area contributed by atoms with Crippen molar-refractivity contribution in [1.29, 1.82) is 0 Å². The first-order valence-electron chi connectivity index (χ1n) is 12.6. The van der Waals surface area contributed by atoms with Gasteiger partial charge in [-0.05, 0) is 62.6 Å². The van der Waals surface area contributed by atoms with Gasteiger partial charge in [0.25, 0.3) is 0 Å². The van der Waals surface area contributed by atoms with Crippen LogP contribution in [0.1, 0.15) is 82.3 Å². The number of hydrogen-bond acceptors (Lipinski definition) is 2. The van der Waals surface area contributed by atoms with Crippen LogP contribution in [0.2, 0.25) is 0 Å². The highest BCUT2D eigenvalue weighted by Gasteiger charge is 2.45. The van der Waals surface area contributed by atoms with Crippen LogP contribution in [-0.2, 0) is 0 Å². The average Bonchev–Trinajstić information content (AvgIpc) is 3.14. The molecule has 1 unspecified atom stereocenters. The van der Waals surface area contributed by atoms with E-state index in [4.69, 9.17) is 0 Å². The molecule has 1 heterocycles. The Hall–Kier alpha value is -2.22. The molecule has 0 N–H and O–H groups in total. The SMILES string of the molecule is CC1=C(c2ccccc2)N(C2CCCCC2)C(C2CCCCC2)N1c1ccccc1C. The summed E-state index contributed by atoms with van der Waals surface area (Å²) in [6.45, 7) is 4.67. The van der Waals surface area contributed by atoms with Crippen molar-refractivity contribution in [1.82, 2.24) is 4.90 Å². The van der Waals surface area contributed by atoms with E-state index >= 15 is 0 Å². The molecule has 2 aromatic carbocycles. The lowest BCUT2D eigenvalue weighted by Crippen LogP contribution is -2.51. The number of anilines is 1. The van der Waals surface area contributed by atoms with Crippen LogP contribution in [-0.4, -0.2) is 17.1 Å². The van der Waals surface area contributed by atoms with Gasteiger partial charge in [-0.1, -0.05) is 87.1 Å². The molecule has 1 aliphatic heterocycles. The maximum Gasteiger partial charge on any atom is 0.109 e. The van der Waals surface area contributed by atoms with Crippen LogP contribution in [0.3, 0.4) is 0 Å². The van der Waals surface area contributed by atoms with E-state index in [1.54, 1.807) is 0 Å². The van der Waals surface area contributed by atoms with Gasteiger partial charge in [0.15, 0.2) is 0 Å². The lowest BCUT2D eigenvalue weighted by atomic mass is 9.84. The Kier molecular flexibility index (Phi) is 6.07. The zero-order chi connectivity index (χ0) is 21.2. The molecule has 31 heavy (non-hydrogen) atoms. The molecule has 1 atom stereocenters. The van der Waals surface area contributed by atoms with Crippen molar-refractivity contribution in [3.63, 3.8) is 0 Å². The van der Waals surface area contributed by atoms with Crippen molar-refractivity contribution in [2.24, 2.45) is 5.92 Å². The molecule has 2 aliphatic carbocycles. The fourth-order valence-corrected chi connectivity index (χ4v) is 6.49. The topological polar surface area (TPSA) is 6.48 Å². The molecule has 0 aromatic heterocycles. The predicted octanol–water partition coefficient (Wildman–Crippen LogP) is 7.74. The molecular formula is C29H38N2. The van der Waals surface area contributed by atoms with Gasteiger partial charge < -0.3 is 9.80 Å². The van der Waals surface area contributed by atoms with E-state index in [0.29, 0.717) is 12.2 Å². The lowest BCUT2D eigenvalue weighted by Gasteiger charge is -2.46. The van der Waals surface area contributed by atoms with Crippen molar-refractivity contribution in [3.05, 3.63) is 71.4 Å². The van der Waals surface area contributed by atoms with Gasteiger partial charge >= 0.3 is 0 Å². The summed E-state index contributed by atoms with van der Waals surface area (Å²) in [5.41, 5.74) is 7.12. The van der Waals surface area contributed by atoms with E-state index in [1.165, 1.54) is 92.4 Å². The minimum atomic E-state index is 0.458. The van der Waals surface area contributed by atoms with E-state index in [0.717, 1.165) is 5.92 Å². The Bertz CT molecular complexity index is 903. The third kappa shape index (κ3) is 3.90. The molecule has 5 rings (SSSR count). The molecule has 164 valence electrons. The molecule has 3 aliphatic rings. The molecule has 2 saturated carbocycles. The van der Waals surface area contributed by atoms with E-state index in [9.17, 15) is 0 Å². The maximum absolute atomic E-state index is 2.91. The summed E-state index contributed by atoms with van der Waals surface area (Å²) in [6, 6.07) is 20.9. The molecule has 2 fully saturated rings. The second kappa shape index (κ2) is 9.10. The van der Waals surface area contributed by atoms with Gasteiger partial charge in [-0.15, -0.1) is 0 Å². The Labute approximate surface area is 189 Å². The highest BCUT2D eigenvalue weighted by Crippen LogP contribution is 2.48. The van der Waals surface area contributed by atoms with Gasteiger partial charge in [0.2, 0.25) is 0 Å². The van der Waals surface area contributed by atoms with Crippen LogP contribution < -0.4 is 4.90 Å². The average molecular weight is 415 g/mol. The zero-order valence-corrected chi connectivity index (χ0v) is 19.4. The number of aryl methyl sites for hydroxylation is 1. The van der Waals surface area contributed by atoms with Gasteiger partial charge in [-0.2, -0.15) is 0 Å². The smallest absolute Gasteiger partial charge is 0.109 e. The summed E-state index contributed by atoms with van der Waals surface area (Å²) in [5.74, 6) is 0.742. The van der Waals surface area contributed by atoms with Crippen molar-refractivity contribution in [2.45, 2.75) is 90.3 Å². The Morgan fingerprint density at radius 2 is 1.29 bits per heavy atom. The maximum atomic E-state index is 2.91. The van der Waals surface area contributed by atoms with Gasteiger partial charge in [0.05, 0.1) is 5.70 Å². The largest absolute Gasteiger partial charge is 0.346 e. The first-order chi connectivity index (χ1) is 15.3. The molecule has 0 spiro atoms. The minimum Gasteiger partial charge on any atom is -0.346 e. The summed E-state index contributed by atoms with van der Waals surface area (Å²) in [6.07, 6.45) is 14.2. The summed E-state index contributed by atoms with van der Waals surface area (Å²) in [4.78, 5) is 5.65. The molecule has 2 heteroatoms. The highest BCUT2D eigenvalue weighted by molar-refractivity contribution is 5.77. The quantitative estimate of drug-likeness (QED) is 0.505. The standard InChI is InChI=1S/C29H38N2/c1-22-14-12-13-21-27(22)30-23(2)28(24-15-6-3-7-16-24)31(26-19-10-5-11-20-26)29(30)25-17-8-4-9-18-25/h3,6-7,12-16,21,25-26,29H,4-5,8-11,17-20H2,1-2H3. The molecule has 0 bridgehead atoms. The first kappa shape index (κ1) is 20.7. The van der Waals surface area contributed by atoms with E-state index < -0.39 is 0 Å². The number of hydrogen-bond donors (Lipinski definition) is 0. The highest BCUT2D eigenvalue weighted by atomic mass is 15.4. The van der Waals surface area contributed by atoms with Crippen LogP contribution in [0.4, 0.5) is 5.69 Å². The van der Waals surface area contributed by atoms with Crippen molar-refractivity contribution < 1.29 is 0 Å². The summed E-state index contributed by atoms with van der Waals surface area (Å²) in [7, 11) is 0. The van der Waals surface area contributed by atoms with Crippen molar-refractivity contribution >= 4 is 11.4 Å². The zero-order valence-electron chi connectivity index (χ0n) is 19.4. The second-order valence-electron chi connectivity index (χ2n) is 9.97. The number of nitrogens with zero attached hydrogens (tertiary/aromatic N) is 2. The van der Waals surface area contributed by atoms with Crippen LogP contribution in [0.25, 0.3) is 5.70 Å². The fraction of sp³-hybridized carbons (Fsp3) is 0.517. The first-order valence-corrected chi connectivity index (χ1v) is 12.6. The normalized spacial score (nSPS) is 23.6. The third-order valence-corrected chi connectivity index (χ3v) is 7.97. The van der Waals surface area contributed by atoms with Crippen molar-refractivity contribution in [2.75, 3.05) is 4.90 Å². The van der Waals surface area contributed by atoms with Gasteiger partial charge in [-0.3, -0.25) is 0 Å². The van der Waals surface area contributed by atoms with E-state index in [-0.39, 0.29) is 0 Å². The molecule has 2 nitrogen and oxygen atoms in total. The monoisotopic (exact) mass is 414 g/mol. The molecule has 0 amide bonds. The summed E-state index contributed by atoms with van der Waals surface area (Å²) < 4.78 is 0. The summed E-state index contributed by atoms with van der Waals surface area (Å²) in [5, 5.41) is 0. The number of para-hydroxylation sites is 1. The summed E-state index contributed by atoms with van der Waals surface area (Å²) >= 11 is 0. The molecule has 0 saturated heterocycles. The van der Waals surface area contributed by atoms with Gasteiger partial charge in [0.1, 0.15) is 6.17 Å². The fourth-order valence-electron chi connectivity index (χ4n) is 6.49. The van der Waals surface area contributed by atoms with E-state index in [2.05, 4.69) is 78.2 Å². The minimum absolute atomic E-state index is 0.458. The van der Waals surface area contributed by atoms with Crippen LogP contribution >= 0.6 is 0 Å². The Morgan fingerprint density at radius 3 is 1.97 bits per heavy atom. The number of benzene rings is 2. The predicted molar refractivity (Wildman–Crippen MR) is 132 cm³/mol. The number of rotatable bonds is 4. The van der Waals surface area contributed by atoms with Crippen LogP contribution in [0.5, 0.6) is 0 Å². The molecule has 2 aromatic rings. The van der Waals surface area contributed by atoms with Crippen LogP contribution in [0.15, 0.2) is 60.3 Å².